The predicted octanol–water partition coefficient (Wildman–Crippen LogP) is 0.840. The molecule has 1 aromatic rings. The third-order valence-corrected chi connectivity index (χ3v) is 5.61. The summed E-state index contributed by atoms with van der Waals surface area (Å²) >= 11 is 0. The van der Waals surface area contributed by atoms with Crippen LogP contribution < -0.4 is 0 Å². The Morgan fingerprint density at radius 2 is 2.20 bits per heavy atom. The second-order valence-corrected chi connectivity index (χ2v) is 7.18. The number of carbonyl (C=O) groups is 2. The number of hydrogen-bond acceptors (Lipinski definition) is 4. The van der Waals surface area contributed by atoms with Gasteiger partial charge in [-0.3, -0.25) is 14.3 Å². The molecule has 0 aliphatic carbocycles. The lowest BCUT2D eigenvalue weighted by molar-refractivity contribution is -0.146. The first-order valence-corrected chi connectivity index (χ1v) is 9.09. The van der Waals surface area contributed by atoms with E-state index in [9.17, 15) is 9.59 Å². The fraction of sp³-hybridized carbons (Fsp3) is 0.722. The van der Waals surface area contributed by atoms with Crippen molar-refractivity contribution >= 4 is 11.8 Å². The summed E-state index contributed by atoms with van der Waals surface area (Å²) in [7, 11) is 3.54. The summed E-state index contributed by atoms with van der Waals surface area (Å²) in [5.41, 5.74) is 0.690. The molecule has 2 saturated heterocycles. The largest absolute Gasteiger partial charge is 0.383 e. The van der Waals surface area contributed by atoms with Crippen molar-refractivity contribution in [1.82, 2.24) is 19.6 Å². The van der Waals surface area contributed by atoms with Crippen LogP contribution in [0.5, 0.6) is 0 Å². The summed E-state index contributed by atoms with van der Waals surface area (Å²) < 4.78 is 6.92. The van der Waals surface area contributed by atoms with Crippen molar-refractivity contribution in [2.45, 2.75) is 32.1 Å². The Labute approximate surface area is 148 Å². The number of aryl methyl sites for hydroxylation is 2. The van der Waals surface area contributed by atoms with E-state index in [0.717, 1.165) is 31.5 Å². The standard InChI is InChI=1S/C18H28N4O3/c1-20-15(6-9-19-20)4-5-16(23)22-11-8-18(14-22)7-3-10-21(17(18)24)12-13-25-2/h6,9H,3-5,7-8,10-14H2,1-2H3. The lowest BCUT2D eigenvalue weighted by atomic mass is 9.78. The number of likely N-dealkylation sites (tertiary alicyclic amines) is 2. The lowest BCUT2D eigenvalue weighted by Crippen LogP contribution is -2.51. The highest BCUT2D eigenvalue weighted by molar-refractivity contribution is 5.86. The number of piperidine rings is 1. The maximum Gasteiger partial charge on any atom is 0.230 e. The van der Waals surface area contributed by atoms with Gasteiger partial charge in [0.05, 0.1) is 12.0 Å². The fourth-order valence-corrected chi connectivity index (χ4v) is 4.07. The number of hydrogen-bond donors (Lipinski definition) is 0. The molecule has 2 fully saturated rings. The second-order valence-electron chi connectivity index (χ2n) is 7.18. The van der Waals surface area contributed by atoms with Crippen LogP contribution in [0.2, 0.25) is 0 Å². The van der Waals surface area contributed by atoms with Crippen LogP contribution in [0.15, 0.2) is 12.3 Å². The van der Waals surface area contributed by atoms with Crippen molar-refractivity contribution in [2.75, 3.05) is 39.9 Å². The number of carbonyl (C=O) groups excluding carboxylic acids is 2. The quantitative estimate of drug-likeness (QED) is 0.764. The highest BCUT2D eigenvalue weighted by atomic mass is 16.5. The summed E-state index contributed by atoms with van der Waals surface area (Å²) in [6.45, 7) is 3.27. The van der Waals surface area contributed by atoms with E-state index in [4.69, 9.17) is 4.74 Å². The maximum atomic E-state index is 12.9. The van der Waals surface area contributed by atoms with Crippen LogP contribution in [0.3, 0.4) is 0 Å². The molecule has 1 aromatic heterocycles. The summed E-state index contributed by atoms with van der Waals surface area (Å²) in [6, 6.07) is 1.94. The van der Waals surface area contributed by atoms with Gasteiger partial charge in [-0.05, 0) is 31.7 Å². The van der Waals surface area contributed by atoms with Crippen LogP contribution in [-0.2, 0) is 27.8 Å². The summed E-state index contributed by atoms with van der Waals surface area (Å²) in [5.74, 6) is 0.345. The molecule has 2 aliphatic heterocycles. The molecule has 2 amide bonds. The molecule has 1 spiro atoms. The average Bonchev–Trinajstić information content (AvgIpc) is 3.21. The van der Waals surface area contributed by atoms with E-state index in [0.29, 0.717) is 39.1 Å². The highest BCUT2D eigenvalue weighted by Gasteiger charge is 2.49. The van der Waals surface area contributed by atoms with E-state index in [1.54, 1.807) is 18.0 Å². The molecule has 7 heteroatoms. The van der Waals surface area contributed by atoms with Crippen molar-refractivity contribution < 1.29 is 14.3 Å². The molecular formula is C18H28N4O3. The number of ether oxygens (including phenoxy) is 1. The molecular weight excluding hydrogens is 320 g/mol. The minimum atomic E-state index is -0.367. The van der Waals surface area contributed by atoms with E-state index in [1.165, 1.54) is 0 Å². The third-order valence-electron chi connectivity index (χ3n) is 5.61. The fourth-order valence-electron chi connectivity index (χ4n) is 4.07. The van der Waals surface area contributed by atoms with E-state index in [2.05, 4.69) is 5.10 Å². The monoisotopic (exact) mass is 348 g/mol. The van der Waals surface area contributed by atoms with Gasteiger partial charge in [-0.15, -0.1) is 0 Å². The van der Waals surface area contributed by atoms with Gasteiger partial charge in [0.15, 0.2) is 0 Å². The van der Waals surface area contributed by atoms with Gasteiger partial charge in [0.1, 0.15) is 0 Å². The molecule has 0 saturated carbocycles. The number of aromatic nitrogens is 2. The molecule has 1 unspecified atom stereocenters. The zero-order chi connectivity index (χ0) is 17.9. The predicted molar refractivity (Wildman–Crippen MR) is 92.8 cm³/mol. The Morgan fingerprint density at radius 3 is 2.92 bits per heavy atom. The molecule has 1 atom stereocenters. The van der Waals surface area contributed by atoms with Gasteiger partial charge < -0.3 is 14.5 Å². The molecule has 0 radical (unpaired) electrons. The van der Waals surface area contributed by atoms with Gasteiger partial charge >= 0.3 is 0 Å². The Kier molecular flexibility index (Phi) is 5.42. The van der Waals surface area contributed by atoms with E-state index >= 15 is 0 Å². The van der Waals surface area contributed by atoms with Gasteiger partial charge in [0.2, 0.25) is 11.8 Å². The molecule has 0 bridgehead atoms. The lowest BCUT2D eigenvalue weighted by Gasteiger charge is -2.39. The van der Waals surface area contributed by atoms with Crippen LogP contribution in [0, 0.1) is 5.41 Å². The first-order valence-electron chi connectivity index (χ1n) is 9.09. The molecule has 7 nitrogen and oxygen atoms in total. The van der Waals surface area contributed by atoms with Crippen LogP contribution in [-0.4, -0.2) is 71.3 Å². The van der Waals surface area contributed by atoms with Crippen LogP contribution in [0.1, 0.15) is 31.4 Å². The van der Waals surface area contributed by atoms with Crippen molar-refractivity contribution in [2.24, 2.45) is 12.5 Å². The molecule has 0 aromatic carbocycles. The van der Waals surface area contributed by atoms with Crippen molar-refractivity contribution in [1.29, 1.82) is 0 Å². The maximum absolute atomic E-state index is 12.9. The molecule has 138 valence electrons. The van der Waals surface area contributed by atoms with E-state index in [1.807, 2.05) is 22.9 Å². The van der Waals surface area contributed by atoms with E-state index in [-0.39, 0.29) is 17.2 Å². The SMILES string of the molecule is COCCN1CCCC2(CCN(C(=O)CCc3ccnn3C)C2)C1=O. The zero-order valence-electron chi connectivity index (χ0n) is 15.2. The van der Waals surface area contributed by atoms with Gasteiger partial charge in [-0.2, -0.15) is 5.10 Å². The van der Waals surface area contributed by atoms with Gasteiger partial charge in [0, 0.05) is 58.6 Å². The summed E-state index contributed by atoms with van der Waals surface area (Å²) in [6.07, 6.45) is 5.59. The molecule has 3 rings (SSSR count). The Balaban J connectivity index is 1.57. The first-order chi connectivity index (χ1) is 12.1. The number of methoxy groups -OCH3 is 1. The van der Waals surface area contributed by atoms with Gasteiger partial charge in [-0.1, -0.05) is 0 Å². The molecule has 3 heterocycles. The normalized spacial score (nSPS) is 23.7. The molecule has 0 N–H and O–H groups in total. The minimum Gasteiger partial charge on any atom is -0.383 e. The number of rotatable bonds is 6. The van der Waals surface area contributed by atoms with Crippen molar-refractivity contribution in [3.05, 3.63) is 18.0 Å². The number of nitrogens with zero attached hydrogens (tertiary/aromatic N) is 4. The highest BCUT2D eigenvalue weighted by Crippen LogP contribution is 2.40. The molecule has 2 aliphatic rings. The van der Waals surface area contributed by atoms with E-state index < -0.39 is 0 Å². The third kappa shape index (κ3) is 3.71. The summed E-state index contributed by atoms with van der Waals surface area (Å²) in [4.78, 5) is 29.3. The molecule has 25 heavy (non-hydrogen) atoms. The van der Waals surface area contributed by atoms with Crippen LogP contribution in [0.4, 0.5) is 0 Å². The number of amides is 2. The van der Waals surface area contributed by atoms with Crippen LogP contribution >= 0.6 is 0 Å². The van der Waals surface area contributed by atoms with Crippen LogP contribution in [0.25, 0.3) is 0 Å². The van der Waals surface area contributed by atoms with Crippen molar-refractivity contribution in [3.63, 3.8) is 0 Å². The van der Waals surface area contributed by atoms with Gasteiger partial charge in [-0.25, -0.2) is 0 Å². The Morgan fingerprint density at radius 1 is 1.36 bits per heavy atom. The Hall–Kier alpha value is -1.89. The topological polar surface area (TPSA) is 67.7 Å². The average molecular weight is 348 g/mol. The second kappa shape index (κ2) is 7.56. The summed E-state index contributed by atoms with van der Waals surface area (Å²) in [5, 5.41) is 4.13. The Bertz CT molecular complexity index is 630. The van der Waals surface area contributed by atoms with Crippen molar-refractivity contribution in [3.8, 4) is 0 Å². The zero-order valence-corrected chi connectivity index (χ0v) is 15.2. The minimum absolute atomic E-state index is 0.139. The van der Waals surface area contributed by atoms with Gasteiger partial charge in [0.25, 0.3) is 0 Å². The smallest absolute Gasteiger partial charge is 0.230 e. The first kappa shape index (κ1) is 17.9.